The van der Waals surface area contributed by atoms with Gasteiger partial charge in [-0.15, -0.1) is 0 Å². The van der Waals surface area contributed by atoms with Crippen LogP contribution in [-0.2, 0) is 0 Å². The summed E-state index contributed by atoms with van der Waals surface area (Å²) >= 11 is 5.90. The van der Waals surface area contributed by atoms with Crippen LogP contribution in [0.3, 0.4) is 0 Å². The molecule has 0 spiro atoms. The van der Waals surface area contributed by atoms with Crippen molar-refractivity contribution in [1.82, 2.24) is 4.98 Å². The molecule has 6 nitrogen and oxygen atoms in total. The molecule has 2 N–H and O–H groups in total. The highest BCUT2D eigenvalue weighted by Crippen LogP contribution is 2.24. The first kappa shape index (κ1) is 14.8. The van der Waals surface area contributed by atoms with Crippen molar-refractivity contribution in [2.75, 3.05) is 12.4 Å². The normalized spacial score (nSPS) is 10.0. The van der Waals surface area contributed by atoms with Crippen molar-refractivity contribution in [2.45, 2.75) is 0 Å². The van der Waals surface area contributed by atoms with Crippen LogP contribution in [0.4, 0.5) is 5.69 Å². The van der Waals surface area contributed by atoms with E-state index < -0.39 is 11.9 Å². The minimum Gasteiger partial charge on any atom is -0.497 e. The fourth-order valence-electron chi connectivity index (χ4n) is 1.67. The Morgan fingerprint density at radius 1 is 1.29 bits per heavy atom. The Morgan fingerprint density at radius 3 is 2.67 bits per heavy atom. The number of rotatable bonds is 4. The molecule has 0 aliphatic carbocycles. The van der Waals surface area contributed by atoms with Crippen molar-refractivity contribution in [1.29, 1.82) is 0 Å². The number of ether oxygens (including phenoxy) is 1. The number of carboxylic acids is 1. The van der Waals surface area contributed by atoms with Gasteiger partial charge in [0.25, 0.3) is 5.91 Å². The molecule has 2 aromatic rings. The molecule has 1 amide bonds. The quantitative estimate of drug-likeness (QED) is 0.906. The smallest absolute Gasteiger partial charge is 0.337 e. The number of hydrogen-bond acceptors (Lipinski definition) is 4. The fourth-order valence-corrected chi connectivity index (χ4v) is 1.87. The van der Waals surface area contributed by atoms with E-state index in [0.717, 1.165) is 0 Å². The number of amides is 1. The third kappa shape index (κ3) is 3.29. The molecule has 0 bridgehead atoms. The van der Waals surface area contributed by atoms with Crippen molar-refractivity contribution >= 4 is 29.2 Å². The van der Waals surface area contributed by atoms with Crippen molar-refractivity contribution in [2.24, 2.45) is 0 Å². The number of hydrogen-bond donors (Lipinski definition) is 2. The molecule has 0 saturated heterocycles. The second-order valence-corrected chi connectivity index (χ2v) is 4.43. The van der Waals surface area contributed by atoms with Crippen LogP contribution in [0.15, 0.2) is 36.7 Å². The maximum atomic E-state index is 12.1. The van der Waals surface area contributed by atoms with Gasteiger partial charge in [0.2, 0.25) is 0 Å². The molecule has 1 aromatic carbocycles. The monoisotopic (exact) mass is 306 g/mol. The summed E-state index contributed by atoms with van der Waals surface area (Å²) in [6, 6.07) is 5.74. The number of nitrogens with zero attached hydrogens (tertiary/aromatic N) is 1. The summed E-state index contributed by atoms with van der Waals surface area (Å²) in [6.45, 7) is 0. The molecule has 0 radical (unpaired) electrons. The molecule has 1 aromatic heterocycles. The van der Waals surface area contributed by atoms with E-state index in [1.807, 2.05) is 0 Å². The van der Waals surface area contributed by atoms with E-state index in [9.17, 15) is 9.59 Å². The standard InChI is InChI=1S/C14H11ClN2O4/c1-21-8-2-3-9(14(19)20)12(6-8)17-13(18)10-7-16-5-4-11(10)15/h2-7H,1H3,(H,17,18)(H,19,20). The first-order chi connectivity index (χ1) is 10.0. The number of benzene rings is 1. The molecular formula is C14H11ClN2O4. The summed E-state index contributed by atoms with van der Waals surface area (Å²) in [5.74, 6) is -1.29. The lowest BCUT2D eigenvalue weighted by atomic mass is 10.1. The molecule has 0 unspecified atom stereocenters. The Balaban J connectivity index is 2.36. The van der Waals surface area contributed by atoms with E-state index in [1.54, 1.807) is 0 Å². The van der Waals surface area contributed by atoms with Gasteiger partial charge in [0.15, 0.2) is 0 Å². The van der Waals surface area contributed by atoms with E-state index in [4.69, 9.17) is 21.4 Å². The highest BCUT2D eigenvalue weighted by molar-refractivity contribution is 6.34. The average molecular weight is 307 g/mol. The number of halogens is 1. The Kier molecular flexibility index (Phi) is 4.39. The van der Waals surface area contributed by atoms with Gasteiger partial charge in [-0.05, 0) is 18.2 Å². The Morgan fingerprint density at radius 2 is 2.05 bits per heavy atom. The first-order valence-corrected chi connectivity index (χ1v) is 6.23. The molecular weight excluding hydrogens is 296 g/mol. The van der Waals surface area contributed by atoms with Crippen LogP contribution in [0.25, 0.3) is 0 Å². The van der Waals surface area contributed by atoms with Gasteiger partial charge in [-0.25, -0.2) is 4.79 Å². The van der Waals surface area contributed by atoms with Crippen LogP contribution >= 0.6 is 11.6 Å². The minimum atomic E-state index is -1.16. The predicted molar refractivity (Wildman–Crippen MR) is 77.2 cm³/mol. The van der Waals surface area contributed by atoms with Crippen molar-refractivity contribution in [3.63, 3.8) is 0 Å². The zero-order valence-corrected chi connectivity index (χ0v) is 11.7. The number of carbonyl (C=O) groups is 2. The minimum absolute atomic E-state index is 0.0517. The third-order valence-electron chi connectivity index (χ3n) is 2.72. The topological polar surface area (TPSA) is 88.5 Å². The van der Waals surface area contributed by atoms with Crippen LogP contribution in [0, 0.1) is 0 Å². The molecule has 2 rings (SSSR count). The van der Waals surface area contributed by atoms with Crippen LogP contribution in [0.1, 0.15) is 20.7 Å². The van der Waals surface area contributed by atoms with E-state index in [-0.39, 0.29) is 21.8 Å². The van der Waals surface area contributed by atoms with E-state index >= 15 is 0 Å². The van der Waals surface area contributed by atoms with Crippen molar-refractivity contribution in [3.8, 4) is 5.75 Å². The maximum Gasteiger partial charge on any atom is 0.337 e. The SMILES string of the molecule is COc1ccc(C(=O)O)c(NC(=O)c2cnccc2Cl)c1. The van der Waals surface area contributed by atoms with Crippen LogP contribution in [-0.4, -0.2) is 29.1 Å². The van der Waals surface area contributed by atoms with Gasteiger partial charge in [-0.1, -0.05) is 11.6 Å². The fraction of sp³-hybridized carbons (Fsp3) is 0.0714. The predicted octanol–water partition coefficient (Wildman–Crippen LogP) is 2.69. The second-order valence-electron chi connectivity index (χ2n) is 4.03. The van der Waals surface area contributed by atoms with Gasteiger partial charge < -0.3 is 15.2 Å². The third-order valence-corrected chi connectivity index (χ3v) is 3.05. The number of carboxylic acid groups (broad SMARTS) is 1. The molecule has 21 heavy (non-hydrogen) atoms. The number of carbonyl (C=O) groups excluding carboxylic acids is 1. The van der Waals surface area contributed by atoms with Gasteiger partial charge in [-0.3, -0.25) is 9.78 Å². The number of aromatic carboxylic acids is 1. The van der Waals surface area contributed by atoms with Gasteiger partial charge in [0.1, 0.15) is 5.75 Å². The Labute approximate surface area is 125 Å². The summed E-state index contributed by atoms with van der Waals surface area (Å²) < 4.78 is 5.02. The number of nitrogens with one attached hydrogen (secondary N) is 1. The molecule has 0 aliphatic heterocycles. The largest absolute Gasteiger partial charge is 0.497 e. The van der Waals surface area contributed by atoms with Crippen LogP contribution < -0.4 is 10.1 Å². The van der Waals surface area contributed by atoms with E-state index in [0.29, 0.717) is 5.75 Å². The second kappa shape index (κ2) is 6.23. The first-order valence-electron chi connectivity index (χ1n) is 5.85. The maximum absolute atomic E-state index is 12.1. The lowest BCUT2D eigenvalue weighted by molar-refractivity contribution is 0.0698. The number of methoxy groups -OCH3 is 1. The highest BCUT2D eigenvalue weighted by atomic mass is 35.5. The lowest BCUT2D eigenvalue weighted by Gasteiger charge is -2.10. The van der Waals surface area contributed by atoms with Crippen molar-refractivity contribution in [3.05, 3.63) is 52.8 Å². The molecule has 0 atom stereocenters. The number of aromatic nitrogens is 1. The lowest BCUT2D eigenvalue weighted by Crippen LogP contribution is -2.15. The highest BCUT2D eigenvalue weighted by Gasteiger charge is 2.16. The van der Waals surface area contributed by atoms with E-state index in [2.05, 4.69) is 10.3 Å². The Bertz CT molecular complexity index is 703. The number of anilines is 1. The summed E-state index contributed by atoms with van der Waals surface area (Å²) in [5.41, 5.74) is 0.217. The summed E-state index contributed by atoms with van der Waals surface area (Å²) in [7, 11) is 1.44. The average Bonchev–Trinajstić information content (AvgIpc) is 2.47. The van der Waals surface area contributed by atoms with E-state index in [1.165, 1.54) is 43.8 Å². The van der Waals surface area contributed by atoms with Crippen LogP contribution in [0.5, 0.6) is 5.75 Å². The van der Waals surface area contributed by atoms with Crippen molar-refractivity contribution < 1.29 is 19.4 Å². The molecule has 1 heterocycles. The number of pyridine rings is 1. The zero-order valence-electron chi connectivity index (χ0n) is 11.0. The molecule has 108 valence electrons. The summed E-state index contributed by atoms with van der Waals surface area (Å²) in [4.78, 5) is 27.1. The van der Waals surface area contributed by atoms with Gasteiger partial charge in [0, 0.05) is 18.5 Å². The molecule has 7 heteroatoms. The molecule has 0 aliphatic rings. The molecule has 0 saturated carbocycles. The van der Waals surface area contributed by atoms with Gasteiger partial charge in [-0.2, -0.15) is 0 Å². The van der Waals surface area contributed by atoms with Crippen LogP contribution in [0.2, 0.25) is 5.02 Å². The zero-order chi connectivity index (χ0) is 15.4. The Hall–Kier alpha value is -2.60. The summed E-state index contributed by atoms with van der Waals surface area (Å²) in [5, 5.41) is 11.9. The van der Waals surface area contributed by atoms with Gasteiger partial charge >= 0.3 is 5.97 Å². The van der Waals surface area contributed by atoms with Gasteiger partial charge in [0.05, 0.1) is 28.9 Å². The summed E-state index contributed by atoms with van der Waals surface area (Å²) in [6.07, 6.45) is 2.76. The molecule has 0 fully saturated rings.